The maximum absolute atomic E-state index is 12.7. The Balaban J connectivity index is 1.22. The molecular formula is C24H31ClN8O. The van der Waals surface area contributed by atoms with Crippen LogP contribution in [0.5, 0.6) is 0 Å². The highest BCUT2D eigenvalue weighted by atomic mass is 35.5. The topological polar surface area (TPSA) is 112 Å². The molecule has 180 valence electrons. The summed E-state index contributed by atoms with van der Waals surface area (Å²) in [6, 6.07) is 8.19. The molecule has 1 saturated carbocycles. The molecule has 0 spiro atoms. The second-order valence-corrected chi connectivity index (χ2v) is 9.79. The summed E-state index contributed by atoms with van der Waals surface area (Å²) in [7, 11) is 0. The van der Waals surface area contributed by atoms with E-state index in [1.54, 1.807) is 0 Å². The van der Waals surface area contributed by atoms with E-state index in [4.69, 9.17) is 16.6 Å². The van der Waals surface area contributed by atoms with Crippen LogP contribution >= 0.6 is 11.6 Å². The Labute approximate surface area is 204 Å². The van der Waals surface area contributed by atoms with Gasteiger partial charge < -0.3 is 15.5 Å². The molecule has 9 nitrogen and oxygen atoms in total. The van der Waals surface area contributed by atoms with Gasteiger partial charge in [0, 0.05) is 43.9 Å². The number of benzene rings is 1. The molecule has 3 N–H and O–H groups in total. The molecule has 1 aliphatic carbocycles. The maximum atomic E-state index is 12.7. The molecule has 1 atom stereocenters. The molecule has 5 rings (SSSR count). The summed E-state index contributed by atoms with van der Waals surface area (Å²) in [5.41, 5.74) is 1.50. The molecule has 3 heterocycles. The Morgan fingerprint density at radius 3 is 2.85 bits per heavy atom. The van der Waals surface area contributed by atoms with E-state index in [-0.39, 0.29) is 5.91 Å². The van der Waals surface area contributed by atoms with Gasteiger partial charge in [-0.25, -0.2) is 4.98 Å². The second-order valence-electron chi connectivity index (χ2n) is 9.38. The summed E-state index contributed by atoms with van der Waals surface area (Å²) in [4.78, 5) is 19.9. The first-order valence-electron chi connectivity index (χ1n) is 12.3. The number of carbonyl (C=O) groups excluding carboxylic acids is 1. The van der Waals surface area contributed by atoms with E-state index < -0.39 is 0 Å². The third-order valence-electron chi connectivity index (χ3n) is 6.95. The number of amides is 1. The number of aromatic amines is 1. The normalized spacial score (nSPS) is 19.1. The Morgan fingerprint density at radius 2 is 2.03 bits per heavy atom. The van der Waals surface area contributed by atoms with Crippen LogP contribution in [0, 0.1) is 5.92 Å². The van der Waals surface area contributed by atoms with Gasteiger partial charge in [0.25, 0.3) is 0 Å². The van der Waals surface area contributed by atoms with Crippen LogP contribution in [0.25, 0.3) is 10.9 Å². The minimum Gasteiger partial charge on any atom is -0.355 e. The fraction of sp³-hybridized carbons (Fsp3) is 0.542. The lowest BCUT2D eigenvalue weighted by molar-refractivity contribution is -0.117. The highest BCUT2D eigenvalue weighted by Crippen LogP contribution is 2.33. The van der Waals surface area contributed by atoms with E-state index in [1.165, 1.54) is 19.3 Å². The highest BCUT2D eigenvalue weighted by molar-refractivity contribution is 6.35. The summed E-state index contributed by atoms with van der Waals surface area (Å²) in [6.45, 7) is 2.64. The SMILES string of the molecule is O=C(CC1CCCCC1)Nc1c(Cl)ccc2nc(N3CC[C@H](NCCc4nn[nH]n4)C3)ccc12. The summed E-state index contributed by atoms with van der Waals surface area (Å²) in [5.74, 6) is 2.19. The first-order chi connectivity index (χ1) is 16.7. The molecular weight excluding hydrogens is 452 g/mol. The lowest BCUT2D eigenvalue weighted by Crippen LogP contribution is -2.34. The van der Waals surface area contributed by atoms with Gasteiger partial charge in [-0.2, -0.15) is 5.21 Å². The highest BCUT2D eigenvalue weighted by Gasteiger charge is 2.24. The van der Waals surface area contributed by atoms with Crippen LogP contribution < -0.4 is 15.5 Å². The van der Waals surface area contributed by atoms with Gasteiger partial charge in [-0.3, -0.25) is 4.79 Å². The smallest absolute Gasteiger partial charge is 0.224 e. The molecule has 2 aromatic heterocycles. The summed E-state index contributed by atoms with van der Waals surface area (Å²) >= 11 is 6.49. The first kappa shape index (κ1) is 23.0. The number of nitrogens with one attached hydrogen (secondary N) is 3. The maximum Gasteiger partial charge on any atom is 0.224 e. The van der Waals surface area contributed by atoms with Crippen molar-refractivity contribution in [3.05, 3.63) is 35.1 Å². The zero-order valence-electron chi connectivity index (χ0n) is 19.3. The predicted octanol–water partition coefficient (Wildman–Crippen LogP) is 3.72. The molecule has 1 saturated heterocycles. The monoisotopic (exact) mass is 482 g/mol. The molecule has 1 amide bonds. The van der Waals surface area contributed by atoms with Crippen LogP contribution in [0.4, 0.5) is 11.5 Å². The molecule has 1 aromatic carbocycles. The summed E-state index contributed by atoms with van der Waals surface area (Å²) in [6.07, 6.45) is 8.39. The van der Waals surface area contributed by atoms with Crippen molar-refractivity contribution in [1.82, 2.24) is 30.9 Å². The van der Waals surface area contributed by atoms with E-state index in [1.807, 2.05) is 24.3 Å². The number of halogens is 1. The van der Waals surface area contributed by atoms with Crippen molar-refractivity contribution in [1.29, 1.82) is 0 Å². The number of tetrazole rings is 1. The average Bonchev–Trinajstić information content (AvgIpc) is 3.54. The van der Waals surface area contributed by atoms with Gasteiger partial charge in [0.2, 0.25) is 5.91 Å². The van der Waals surface area contributed by atoms with E-state index in [2.05, 4.69) is 36.2 Å². The van der Waals surface area contributed by atoms with Crippen molar-refractivity contribution in [2.75, 3.05) is 29.9 Å². The van der Waals surface area contributed by atoms with Crippen LogP contribution in [-0.4, -0.2) is 57.2 Å². The molecule has 34 heavy (non-hydrogen) atoms. The van der Waals surface area contributed by atoms with Crippen molar-refractivity contribution < 1.29 is 4.79 Å². The first-order valence-corrected chi connectivity index (χ1v) is 12.6. The molecule has 0 radical (unpaired) electrons. The Bertz CT molecular complexity index is 1120. The van der Waals surface area contributed by atoms with Crippen LogP contribution in [0.2, 0.25) is 5.02 Å². The molecule has 1 aliphatic heterocycles. The molecule has 0 bridgehead atoms. The van der Waals surface area contributed by atoms with E-state index in [0.717, 1.165) is 67.9 Å². The van der Waals surface area contributed by atoms with Gasteiger partial charge in [0.1, 0.15) is 5.82 Å². The molecule has 3 aromatic rings. The Kier molecular flexibility index (Phi) is 7.20. The number of H-pyrrole nitrogens is 1. The van der Waals surface area contributed by atoms with Gasteiger partial charge >= 0.3 is 0 Å². The molecule has 10 heteroatoms. The van der Waals surface area contributed by atoms with Crippen molar-refractivity contribution >= 4 is 39.9 Å². The number of pyridine rings is 1. The molecule has 2 aliphatic rings. The molecule has 2 fully saturated rings. The van der Waals surface area contributed by atoms with Crippen LogP contribution in [0.15, 0.2) is 24.3 Å². The minimum absolute atomic E-state index is 0.0413. The third kappa shape index (κ3) is 5.47. The number of rotatable bonds is 8. The molecule has 0 unspecified atom stereocenters. The van der Waals surface area contributed by atoms with Gasteiger partial charge in [0.05, 0.1) is 16.2 Å². The number of hydrogen-bond acceptors (Lipinski definition) is 7. The van der Waals surface area contributed by atoms with Crippen molar-refractivity contribution in [2.45, 2.75) is 57.4 Å². The van der Waals surface area contributed by atoms with Crippen LogP contribution in [0.3, 0.4) is 0 Å². The number of carbonyl (C=O) groups is 1. The van der Waals surface area contributed by atoms with Crippen molar-refractivity contribution in [3.8, 4) is 0 Å². The van der Waals surface area contributed by atoms with E-state index >= 15 is 0 Å². The van der Waals surface area contributed by atoms with E-state index in [0.29, 0.717) is 29.1 Å². The van der Waals surface area contributed by atoms with E-state index in [9.17, 15) is 4.79 Å². The number of nitrogens with zero attached hydrogens (tertiary/aromatic N) is 5. The lowest BCUT2D eigenvalue weighted by Gasteiger charge is -2.21. The van der Waals surface area contributed by atoms with Gasteiger partial charge in [-0.05, 0) is 49.4 Å². The fourth-order valence-electron chi connectivity index (χ4n) is 5.13. The van der Waals surface area contributed by atoms with Crippen LogP contribution in [0.1, 0.15) is 50.8 Å². The minimum atomic E-state index is 0.0413. The summed E-state index contributed by atoms with van der Waals surface area (Å²) < 4.78 is 0. The largest absolute Gasteiger partial charge is 0.355 e. The van der Waals surface area contributed by atoms with Gasteiger partial charge in [-0.1, -0.05) is 36.1 Å². The van der Waals surface area contributed by atoms with Crippen LogP contribution in [-0.2, 0) is 11.2 Å². The van der Waals surface area contributed by atoms with Crippen molar-refractivity contribution in [3.63, 3.8) is 0 Å². The van der Waals surface area contributed by atoms with Gasteiger partial charge in [-0.15, -0.1) is 10.2 Å². The number of anilines is 2. The number of aromatic nitrogens is 5. The van der Waals surface area contributed by atoms with Crippen molar-refractivity contribution in [2.24, 2.45) is 5.92 Å². The lowest BCUT2D eigenvalue weighted by atomic mass is 9.87. The number of fused-ring (bicyclic) bond motifs is 1. The number of hydrogen-bond donors (Lipinski definition) is 3. The third-order valence-corrected chi connectivity index (χ3v) is 7.27. The van der Waals surface area contributed by atoms with Gasteiger partial charge in [0.15, 0.2) is 5.82 Å². The quantitative estimate of drug-likeness (QED) is 0.448. The second kappa shape index (κ2) is 10.7. The standard InChI is InChI=1S/C24H31ClN8O/c25-19-7-8-20-18(24(19)28-23(34)14-16-4-2-1-3-5-16)6-9-22(27-20)33-13-11-17(15-33)26-12-10-21-29-31-32-30-21/h6-9,16-17,26H,1-5,10-15H2,(H,28,34)(H,29,30,31,32)/t17-/m0/s1. The zero-order chi connectivity index (χ0) is 23.3. The average molecular weight is 483 g/mol. The Morgan fingerprint density at radius 1 is 1.15 bits per heavy atom. The Hall–Kier alpha value is -2.78. The zero-order valence-corrected chi connectivity index (χ0v) is 20.0. The fourth-order valence-corrected chi connectivity index (χ4v) is 5.34. The summed E-state index contributed by atoms with van der Waals surface area (Å²) in [5, 5.41) is 22.1. The predicted molar refractivity (Wildman–Crippen MR) is 133 cm³/mol.